The van der Waals surface area contributed by atoms with Crippen LogP contribution in [0.15, 0.2) is 36.7 Å². The number of aromatic amines is 1. The van der Waals surface area contributed by atoms with E-state index in [1.807, 2.05) is 0 Å². The highest BCUT2D eigenvalue weighted by Crippen LogP contribution is 2.31. The van der Waals surface area contributed by atoms with Crippen molar-refractivity contribution in [2.24, 2.45) is 0 Å². The van der Waals surface area contributed by atoms with E-state index in [1.54, 1.807) is 13.1 Å². The quantitative estimate of drug-likeness (QED) is 0.869. The number of esters is 1. The Hall–Kier alpha value is -2.24. The van der Waals surface area contributed by atoms with Gasteiger partial charge in [0.25, 0.3) is 0 Å². The SMILES string of the molecule is CCOC(=O)c1c[nH]cc1-c1ccc(C(F)(F)F)cc1. The molecular weight excluding hydrogens is 271 g/mol. The molecule has 0 atom stereocenters. The number of benzene rings is 1. The van der Waals surface area contributed by atoms with Gasteiger partial charge in [-0.3, -0.25) is 0 Å². The number of ether oxygens (including phenoxy) is 1. The summed E-state index contributed by atoms with van der Waals surface area (Å²) in [5.74, 6) is -0.511. The summed E-state index contributed by atoms with van der Waals surface area (Å²) in [6.07, 6.45) is -1.36. The Kier molecular flexibility index (Phi) is 3.83. The fourth-order valence-corrected chi connectivity index (χ4v) is 1.82. The van der Waals surface area contributed by atoms with Gasteiger partial charge < -0.3 is 9.72 Å². The number of aromatic nitrogens is 1. The van der Waals surface area contributed by atoms with Crippen LogP contribution < -0.4 is 0 Å². The van der Waals surface area contributed by atoms with E-state index >= 15 is 0 Å². The minimum atomic E-state index is -4.37. The molecule has 0 aliphatic rings. The molecule has 0 radical (unpaired) electrons. The van der Waals surface area contributed by atoms with Gasteiger partial charge in [0.05, 0.1) is 17.7 Å². The average Bonchev–Trinajstić information content (AvgIpc) is 2.87. The highest BCUT2D eigenvalue weighted by molar-refractivity contribution is 5.97. The first kappa shape index (κ1) is 14.2. The molecule has 0 spiro atoms. The fraction of sp³-hybridized carbons (Fsp3) is 0.214. The van der Waals surface area contributed by atoms with Crippen molar-refractivity contribution >= 4 is 5.97 Å². The standard InChI is InChI=1S/C14H12F3NO2/c1-2-20-13(19)12-8-18-7-11(12)9-3-5-10(6-4-9)14(15,16)17/h3-8,18H,2H2,1H3. The lowest BCUT2D eigenvalue weighted by atomic mass is 10.0. The van der Waals surface area contributed by atoms with Crippen LogP contribution in [0.4, 0.5) is 13.2 Å². The van der Waals surface area contributed by atoms with Crippen LogP contribution in [0.2, 0.25) is 0 Å². The van der Waals surface area contributed by atoms with Crippen LogP contribution in [0, 0.1) is 0 Å². The van der Waals surface area contributed by atoms with Gasteiger partial charge in [0.15, 0.2) is 0 Å². The normalized spacial score (nSPS) is 11.4. The Balaban J connectivity index is 2.33. The van der Waals surface area contributed by atoms with Crippen molar-refractivity contribution in [2.45, 2.75) is 13.1 Å². The molecule has 2 aromatic rings. The summed E-state index contributed by atoms with van der Waals surface area (Å²) < 4.78 is 42.4. The third kappa shape index (κ3) is 2.84. The fourth-order valence-electron chi connectivity index (χ4n) is 1.82. The number of nitrogens with one attached hydrogen (secondary N) is 1. The molecule has 1 heterocycles. The van der Waals surface area contributed by atoms with Crippen LogP contribution in [0.1, 0.15) is 22.8 Å². The van der Waals surface area contributed by atoms with Gasteiger partial charge >= 0.3 is 12.1 Å². The summed E-state index contributed by atoms with van der Waals surface area (Å²) >= 11 is 0. The molecule has 2 rings (SSSR count). The maximum absolute atomic E-state index is 12.5. The number of carbonyl (C=O) groups excluding carboxylic acids is 1. The topological polar surface area (TPSA) is 42.1 Å². The third-order valence-electron chi connectivity index (χ3n) is 2.76. The van der Waals surface area contributed by atoms with E-state index in [2.05, 4.69) is 4.98 Å². The molecule has 0 bridgehead atoms. The minimum Gasteiger partial charge on any atom is -0.462 e. The lowest BCUT2D eigenvalue weighted by molar-refractivity contribution is -0.137. The monoisotopic (exact) mass is 283 g/mol. The Labute approximate surface area is 113 Å². The highest BCUT2D eigenvalue weighted by atomic mass is 19.4. The van der Waals surface area contributed by atoms with Crippen LogP contribution in [0.5, 0.6) is 0 Å². The third-order valence-corrected chi connectivity index (χ3v) is 2.76. The number of carbonyl (C=O) groups is 1. The summed E-state index contributed by atoms with van der Waals surface area (Å²) in [4.78, 5) is 14.5. The first-order valence-corrected chi connectivity index (χ1v) is 5.95. The zero-order valence-electron chi connectivity index (χ0n) is 10.6. The van der Waals surface area contributed by atoms with Crippen molar-refractivity contribution in [3.8, 4) is 11.1 Å². The van der Waals surface area contributed by atoms with E-state index in [1.165, 1.54) is 18.3 Å². The smallest absolute Gasteiger partial charge is 0.416 e. The summed E-state index contributed by atoms with van der Waals surface area (Å²) in [5.41, 5.74) is 0.598. The minimum absolute atomic E-state index is 0.233. The second-order valence-corrected chi connectivity index (χ2v) is 4.08. The lowest BCUT2D eigenvalue weighted by Gasteiger charge is -2.08. The first-order chi connectivity index (χ1) is 9.43. The average molecular weight is 283 g/mol. The van der Waals surface area contributed by atoms with Crippen molar-refractivity contribution in [2.75, 3.05) is 6.61 Å². The number of H-pyrrole nitrogens is 1. The van der Waals surface area contributed by atoms with Gasteiger partial charge in [0, 0.05) is 18.0 Å². The maximum atomic E-state index is 12.5. The molecular formula is C14H12F3NO2. The second-order valence-electron chi connectivity index (χ2n) is 4.08. The largest absolute Gasteiger partial charge is 0.462 e. The highest BCUT2D eigenvalue weighted by Gasteiger charge is 2.30. The molecule has 20 heavy (non-hydrogen) atoms. The molecule has 0 amide bonds. The van der Waals surface area contributed by atoms with Crippen molar-refractivity contribution in [3.05, 3.63) is 47.8 Å². The number of alkyl halides is 3. The summed E-state index contributed by atoms with van der Waals surface area (Å²) in [6.45, 7) is 1.92. The van der Waals surface area contributed by atoms with Crippen molar-refractivity contribution in [1.29, 1.82) is 0 Å². The van der Waals surface area contributed by atoms with Gasteiger partial charge in [-0.05, 0) is 24.6 Å². The molecule has 1 N–H and O–H groups in total. The van der Waals surface area contributed by atoms with Crippen molar-refractivity contribution in [1.82, 2.24) is 4.98 Å². The summed E-state index contributed by atoms with van der Waals surface area (Å²) in [5, 5.41) is 0. The number of rotatable bonds is 3. The van der Waals surface area contributed by atoms with E-state index in [-0.39, 0.29) is 6.61 Å². The van der Waals surface area contributed by atoms with Gasteiger partial charge in [-0.2, -0.15) is 13.2 Å². The van der Waals surface area contributed by atoms with Crippen LogP contribution in [-0.4, -0.2) is 17.6 Å². The maximum Gasteiger partial charge on any atom is 0.416 e. The summed E-state index contributed by atoms with van der Waals surface area (Å²) in [7, 11) is 0. The van der Waals surface area contributed by atoms with Crippen LogP contribution in [-0.2, 0) is 10.9 Å². The molecule has 1 aromatic carbocycles. The Morgan fingerprint density at radius 1 is 1.20 bits per heavy atom. The van der Waals surface area contributed by atoms with Crippen LogP contribution >= 0.6 is 0 Å². The van der Waals surface area contributed by atoms with E-state index < -0.39 is 17.7 Å². The number of hydrogen-bond donors (Lipinski definition) is 1. The van der Waals surface area contributed by atoms with Crippen LogP contribution in [0.3, 0.4) is 0 Å². The Bertz CT molecular complexity index is 600. The van der Waals surface area contributed by atoms with Gasteiger partial charge in [0.2, 0.25) is 0 Å². The molecule has 0 aliphatic carbocycles. The number of halogens is 3. The van der Waals surface area contributed by atoms with Gasteiger partial charge in [-0.15, -0.1) is 0 Å². The van der Waals surface area contributed by atoms with Crippen molar-refractivity contribution in [3.63, 3.8) is 0 Å². The Morgan fingerprint density at radius 2 is 1.85 bits per heavy atom. The van der Waals surface area contributed by atoms with E-state index in [0.717, 1.165) is 12.1 Å². The predicted molar refractivity (Wildman–Crippen MR) is 67.2 cm³/mol. The molecule has 1 aromatic heterocycles. The van der Waals surface area contributed by atoms with Crippen LogP contribution in [0.25, 0.3) is 11.1 Å². The molecule has 0 unspecified atom stereocenters. The van der Waals surface area contributed by atoms with Gasteiger partial charge in [0.1, 0.15) is 0 Å². The van der Waals surface area contributed by atoms with Gasteiger partial charge in [-0.1, -0.05) is 12.1 Å². The molecule has 0 fully saturated rings. The number of hydrogen-bond acceptors (Lipinski definition) is 2. The van der Waals surface area contributed by atoms with E-state index in [0.29, 0.717) is 16.7 Å². The molecule has 0 saturated carbocycles. The molecule has 0 saturated heterocycles. The lowest BCUT2D eigenvalue weighted by Crippen LogP contribution is -2.05. The molecule has 6 heteroatoms. The molecule has 0 aliphatic heterocycles. The molecule has 106 valence electrons. The van der Waals surface area contributed by atoms with E-state index in [9.17, 15) is 18.0 Å². The molecule has 3 nitrogen and oxygen atoms in total. The first-order valence-electron chi connectivity index (χ1n) is 5.95. The zero-order chi connectivity index (χ0) is 14.8. The second kappa shape index (κ2) is 5.40. The van der Waals surface area contributed by atoms with Crippen molar-refractivity contribution < 1.29 is 22.7 Å². The van der Waals surface area contributed by atoms with Gasteiger partial charge in [-0.25, -0.2) is 4.79 Å². The van der Waals surface area contributed by atoms with E-state index in [4.69, 9.17) is 4.74 Å². The Morgan fingerprint density at radius 3 is 2.40 bits per heavy atom. The predicted octanol–water partition coefficient (Wildman–Crippen LogP) is 3.88. The zero-order valence-corrected chi connectivity index (χ0v) is 10.6. The summed E-state index contributed by atoms with van der Waals surface area (Å²) in [6, 6.07) is 4.62.